The fourth-order valence-electron chi connectivity index (χ4n) is 2.96. The first-order valence-corrected chi connectivity index (χ1v) is 11.5. The van der Waals surface area contributed by atoms with Crippen LogP contribution in [0.3, 0.4) is 0 Å². The summed E-state index contributed by atoms with van der Waals surface area (Å²) in [6.07, 6.45) is 0. The van der Waals surface area contributed by atoms with E-state index in [4.69, 9.17) is 23.5 Å². The molecule has 2 aromatic carbocycles. The SMILES string of the molecule is COc1ccc(-c2nscc2-c2cc(OC)c(OC)c(OC)c2)cc1OP(C)(=O)[O-].[Na+]. The van der Waals surface area contributed by atoms with Crippen molar-refractivity contribution in [3.05, 3.63) is 35.7 Å². The number of rotatable bonds is 8. The molecular weight excluding hydrogens is 452 g/mol. The van der Waals surface area contributed by atoms with Gasteiger partial charge in [-0.05, 0) is 47.4 Å². The van der Waals surface area contributed by atoms with Gasteiger partial charge in [0.2, 0.25) is 5.75 Å². The van der Waals surface area contributed by atoms with Gasteiger partial charge in [0.25, 0.3) is 0 Å². The Balaban J connectivity index is 0.00000341. The molecule has 0 spiro atoms. The van der Waals surface area contributed by atoms with Gasteiger partial charge in [0.05, 0.1) is 34.1 Å². The van der Waals surface area contributed by atoms with Gasteiger partial charge in [-0.15, -0.1) is 0 Å². The van der Waals surface area contributed by atoms with Crippen LogP contribution < -0.4 is 57.9 Å². The molecule has 0 saturated carbocycles. The minimum atomic E-state index is -4.02. The van der Waals surface area contributed by atoms with Crippen LogP contribution in [0.15, 0.2) is 35.7 Å². The van der Waals surface area contributed by atoms with Crippen LogP contribution in [-0.4, -0.2) is 39.5 Å². The van der Waals surface area contributed by atoms with Crippen LogP contribution in [0.4, 0.5) is 0 Å². The number of hydrogen-bond donors (Lipinski definition) is 0. The van der Waals surface area contributed by atoms with Gasteiger partial charge >= 0.3 is 29.6 Å². The standard InChI is InChI=1S/C20H22NO7PS.Na/c1-24-15-7-6-12(8-16(15)28-29(5,22)23)19-14(11-30-21-19)13-9-17(25-2)20(27-4)18(10-13)26-3;/h6-11H,1-5H3,(H,22,23);/q;+1/p-1. The minimum Gasteiger partial charge on any atom is -0.769 e. The minimum absolute atomic E-state index is 0. The molecule has 0 aliphatic heterocycles. The van der Waals surface area contributed by atoms with E-state index in [-0.39, 0.29) is 35.3 Å². The van der Waals surface area contributed by atoms with Crippen LogP contribution in [0.25, 0.3) is 22.4 Å². The Hall–Kier alpha value is -1.74. The van der Waals surface area contributed by atoms with Gasteiger partial charge in [-0.25, -0.2) is 0 Å². The third-order valence-electron chi connectivity index (χ3n) is 4.25. The van der Waals surface area contributed by atoms with E-state index in [1.807, 2.05) is 17.5 Å². The molecule has 0 fully saturated rings. The number of hydrogen-bond acceptors (Lipinski definition) is 9. The molecule has 0 aliphatic rings. The van der Waals surface area contributed by atoms with Gasteiger partial charge in [0.15, 0.2) is 30.6 Å². The van der Waals surface area contributed by atoms with Crippen molar-refractivity contribution in [3.63, 3.8) is 0 Å². The van der Waals surface area contributed by atoms with Crippen LogP contribution in [0.5, 0.6) is 28.7 Å². The molecule has 3 aromatic rings. The number of methoxy groups -OCH3 is 4. The van der Waals surface area contributed by atoms with Gasteiger partial charge in [0.1, 0.15) is 0 Å². The van der Waals surface area contributed by atoms with Crippen molar-refractivity contribution in [1.29, 1.82) is 0 Å². The van der Waals surface area contributed by atoms with E-state index in [9.17, 15) is 9.46 Å². The molecule has 0 N–H and O–H groups in total. The number of ether oxygens (including phenoxy) is 4. The molecule has 160 valence electrons. The zero-order chi connectivity index (χ0) is 21.9. The topological polar surface area (TPSA) is 99.2 Å². The quantitative estimate of drug-likeness (QED) is 0.354. The van der Waals surface area contributed by atoms with Crippen molar-refractivity contribution in [2.24, 2.45) is 0 Å². The Labute approximate surface area is 207 Å². The van der Waals surface area contributed by atoms with Crippen LogP contribution >= 0.6 is 19.1 Å². The number of aromatic nitrogens is 1. The Bertz CT molecular complexity index is 1070. The Kier molecular flexibility index (Phi) is 8.83. The molecule has 11 heteroatoms. The molecule has 1 atom stereocenters. The fourth-order valence-corrected chi connectivity index (χ4v) is 4.18. The van der Waals surface area contributed by atoms with Crippen molar-refractivity contribution in [1.82, 2.24) is 4.37 Å². The van der Waals surface area contributed by atoms with Gasteiger partial charge in [0, 0.05) is 23.2 Å². The summed E-state index contributed by atoms with van der Waals surface area (Å²) in [6, 6.07) is 8.66. The maximum Gasteiger partial charge on any atom is 1.00 e. The summed E-state index contributed by atoms with van der Waals surface area (Å²) in [5.41, 5.74) is 2.94. The molecule has 0 saturated heterocycles. The summed E-state index contributed by atoms with van der Waals surface area (Å²) in [6.45, 7) is 1.00. The largest absolute Gasteiger partial charge is 1.00 e. The second-order valence-electron chi connectivity index (χ2n) is 6.22. The van der Waals surface area contributed by atoms with Crippen molar-refractivity contribution < 1.29 is 62.5 Å². The predicted molar refractivity (Wildman–Crippen MR) is 113 cm³/mol. The molecule has 1 unspecified atom stereocenters. The summed E-state index contributed by atoms with van der Waals surface area (Å²) in [7, 11) is 2.06. The zero-order valence-corrected chi connectivity index (χ0v) is 21.8. The van der Waals surface area contributed by atoms with Crippen LogP contribution in [-0.2, 0) is 4.57 Å². The number of nitrogens with zero attached hydrogens (tertiary/aromatic N) is 1. The predicted octanol–water partition coefficient (Wildman–Crippen LogP) is 1.08. The number of benzene rings is 2. The molecule has 31 heavy (non-hydrogen) atoms. The van der Waals surface area contributed by atoms with Crippen molar-refractivity contribution in [3.8, 4) is 51.1 Å². The molecule has 0 aliphatic carbocycles. The average Bonchev–Trinajstić information content (AvgIpc) is 3.21. The Morgan fingerprint density at radius 2 is 1.45 bits per heavy atom. The molecule has 8 nitrogen and oxygen atoms in total. The van der Waals surface area contributed by atoms with E-state index < -0.39 is 7.60 Å². The Morgan fingerprint density at radius 3 is 1.97 bits per heavy atom. The van der Waals surface area contributed by atoms with E-state index in [0.717, 1.165) is 17.8 Å². The summed E-state index contributed by atoms with van der Waals surface area (Å²) in [5, 5.41) is 1.89. The average molecular weight is 473 g/mol. The second kappa shape index (κ2) is 10.7. The molecular formula is C20H21NNaO7PS. The van der Waals surface area contributed by atoms with Crippen LogP contribution in [0.2, 0.25) is 0 Å². The van der Waals surface area contributed by atoms with E-state index in [1.165, 1.54) is 18.6 Å². The molecule has 0 radical (unpaired) electrons. The van der Waals surface area contributed by atoms with E-state index in [1.54, 1.807) is 39.5 Å². The second-order valence-corrected chi connectivity index (χ2v) is 8.57. The van der Waals surface area contributed by atoms with Crippen LogP contribution in [0, 0.1) is 0 Å². The maximum atomic E-state index is 11.7. The van der Waals surface area contributed by atoms with Crippen molar-refractivity contribution in [2.45, 2.75) is 0 Å². The molecule has 1 heterocycles. The molecule has 1 aromatic heterocycles. The van der Waals surface area contributed by atoms with Gasteiger partial charge < -0.3 is 28.4 Å². The summed E-state index contributed by atoms with van der Waals surface area (Å²) in [5.74, 6) is 1.92. The first-order chi connectivity index (χ1) is 14.3. The van der Waals surface area contributed by atoms with Crippen molar-refractivity contribution in [2.75, 3.05) is 35.1 Å². The molecule has 0 bridgehead atoms. The molecule has 3 rings (SSSR count). The third-order valence-corrected chi connectivity index (χ3v) is 5.40. The first-order valence-electron chi connectivity index (χ1n) is 8.72. The van der Waals surface area contributed by atoms with Crippen LogP contribution in [0.1, 0.15) is 0 Å². The monoisotopic (exact) mass is 473 g/mol. The van der Waals surface area contributed by atoms with Gasteiger partial charge in [-0.1, -0.05) is 0 Å². The summed E-state index contributed by atoms with van der Waals surface area (Å²) >= 11 is 1.27. The van der Waals surface area contributed by atoms with Gasteiger partial charge in [-0.3, -0.25) is 4.57 Å². The fraction of sp³-hybridized carbons (Fsp3) is 0.250. The van der Waals surface area contributed by atoms with E-state index in [0.29, 0.717) is 34.3 Å². The summed E-state index contributed by atoms with van der Waals surface area (Å²) in [4.78, 5) is 11.7. The summed E-state index contributed by atoms with van der Waals surface area (Å²) < 4.78 is 42.7. The maximum absolute atomic E-state index is 11.7. The van der Waals surface area contributed by atoms with E-state index >= 15 is 0 Å². The zero-order valence-electron chi connectivity index (χ0n) is 18.1. The Morgan fingerprint density at radius 1 is 0.871 bits per heavy atom. The molecule has 0 amide bonds. The smallest absolute Gasteiger partial charge is 0.769 e. The third kappa shape index (κ3) is 5.74. The van der Waals surface area contributed by atoms with Crippen molar-refractivity contribution >= 4 is 19.1 Å². The first kappa shape index (κ1) is 25.5. The normalized spacial score (nSPS) is 12.3. The van der Waals surface area contributed by atoms with E-state index in [2.05, 4.69) is 4.37 Å². The van der Waals surface area contributed by atoms with Gasteiger partial charge in [-0.2, -0.15) is 4.37 Å².